The lowest BCUT2D eigenvalue weighted by molar-refractivity contribution is 0.486. The number of rotatable bonds is 2. The second-order valence-electron chi connectivity index (χ2n) is 5.53. The summed E-state index contributed by atoms with van der Waals surface area (Å²) in [5.41, 5.74) is 2.06. The zero-order valence-corrected chi connectivity index (χ0v) is 11.8. The van der Waals surface area contributed by atoms with Crippen LogP contribution in [0.1, 0.15) is 11.3 Å². The molecule has 2 heterocycles. The number of anilines is 2. The molecule has 0 fully saturated rings. The topological polar surface area (TPSA) is 37.0 Å². The fraction of sp³-hybridized carbons (Fsp3) is 0.214. The standard InChI is InChI=1S/C14H10B4FN3/c15-13(16)6-12-9(14(17,18)22-13)5-8(7-20-12)21-11-4-2-1-3-10(11)19/h1-5,7,21-22H,6H2. The Morgan fingerprint density at radius 3 is 2.64 bits per heavy atom. The Balaban J connectivity index is 1.96. The van der Waals surface area contributed by atoms with Crippen molar-refractivity contribution < 1.29 is 4.39 Å². The largest absolute Gasteiger partial charge is 0.352 e. The average molecular weight is 283 g/mol. The summed E-state index contributed by atoms with van der Waals surface area (Å²) in [7, 11) is 23.7. The maximum Gasteiger partial charge on any atom is 0.146 e. The van der Waals surface area contributed by atoms with Crippen LogP contribution in [0.25, 0.3) is 0 Å². The first kappa shape index (κ1) is 15.2. The number of pyridine rings is 1. The third-order valence-electron chi connectivity index (χ3n) is 3.47. The van der Waals surface area contributed by atoms with E-state index in [2.05, 4.69) is 15.6 Å². The molecule has 0 amide bonds. The summed E-state index contributed by atoms with van der Waals surface area (Å²) in [6, 6.07) is 8.03. The van der Waals surface area contributed by atoms with Gasteiger partial charge in [0.25, 0.3) is 0 Å². The molecule has 0 spiro atoms. The zero-order valence-electron chi connectivity index (χ0n) is 11.8. The molecule has 0 bridgehead atoms. The van der Waals surface area contributed by atoms with Gasteiger partial charge in [0.15, 0.2) is 0 Å². The van der Waals surface area contributed by atoms with E-state index in [1.54, 1.807) is 30.5 Å². The Morgan fingerprint density at radius 2 is 1.91 bits per heavy atom. The Morgan fingerprint density at radius 1 is 1.18 bits per heavy atom. The Labute approximate surface area is 134 Å². The summed E-state index contributed by atoms with van der Waals surface area (Å²) in [5.74, 6) is -0.368. The smallest absolute Gasteiger partial charge is 0.146 e. The van der Waals surface area contributed by atoms with Crippen molar-refractivity contribution in [1.29, 1.82) is 0 Å². The molecule has 1 aliphatic rings. The van der Waals surface area contributed by atoms with Gasteiger partial charge in [-0.05, 0) is 35.5 Å². The van der Waals surface area contributed by atoms with Crippen LogP contribution in [0, 0.1) is 5.82 Å². The van der Waals surface area contributed by atoms with Gasteiger partial charge in [0.05, 0.1) is 49.0 Å². The summed E-state index contributed by atoms with van der Waals surface area (Å²) in [4.78, 5) is 4.29. The molecule has 2 N–H and O–H groups in total. The van der Waals surface area contributed by atoms with E-state index in [9.17, 15) is 4.39 Å². The molecule has 8 heteroatoms. The fourth-order valence-corrected chi connectivity index (χ4v) is 2.55. The SMILES string of the molecule is [B]C1([B])Cc2ncc(Nc3ccccc3F)cc2C([B])([B])N1. The molecule has 22 heavy (non-hydrogen) atoms. The van der Waals surface area contributed by atoms with E-state index in [0.29, 0.717) is 22.6 Å². The zero-order chi connectivity index (χ0) is 16.0. The molecule has 8 radical (unpaired) electrons. The van der Waals surface area contributed by atoms with Crippen LogP contribution in [0.2, 0.25) is 0 Å². The van der Waals surface area contributed by atoms with Crippen molar-refractivity contribution in [2.75, 3.05) is 5.32 Å². The van der Waals surface area contributed by atoms with Gasteiger partial charge in [-0.1, -0.05) is 17.5 Å². The number of para-hydroxylation sites is 1. The number of fused-ring (bicyclic) bond motifs is 1. The third kappa shape index (κ3) is 2.93. The van der Waals surface area contributed by atoms with Crippen molar-refractivity contribution in [3.05, 3.63) is 53.6 Å². The van der Waals surface area contributed by atoms with Gasteiger partial charge in [-0.15, -0.1) is 0 Å². The Bertz CT molecular complexity index is 721. The number of nitrogens with one attached hydrogen (secondary N) is 2. The van der Waals surface area contributed by atoms with Crippen LogP contribution in [0.15, 0.2) is 36.5 Å². The van der Waals surface area contributed by atoms with Crippen LogP contribution < -0.4 is 10.6 Å². The summed E-state index contributed by atoms with van der Waals surface area (Å²) < 4.78 is 13.7. The van der Waals surface area contributed by atoms with Crippen molar-refractivity contribution in [3.63, 3.8) is 0 Å². The quantitative estimate of drug-likeness (QED) is 0.790. The van der Waals surface area contributed by atoms with E-state index in [-0.39, 0.29) is 12.2 Å². The molecule has 0 atom stereocenters. The molecule has 1 aliphatic heterocycles. The van der Waals surface area contributed by atoms with Crippen LogP contribution >= 0.6 is 0 Å². The van der Waals surface area contributed by atoms with E-state index in [0.717, 1.165) is 0 Å². The van der Waals surface area contributed by atoms with Gasteiger partial charge in [0, 0.05) is 5.69 Å². The number of hydrogen-bond acceptors (Lipinski definition) is 3. The van der Waals surface area contributed by atoms with Gasteiger partial charge in [-0.25, -0.2) is 4.39 Å². The number of nitrogens with zero attached hydrogens (tertiary/aromatic N) is 1. The molecule has 100 valence electrons. The molecular formula is C14H10B4FN3. The number of benzene rings is 1. The van der Waals surface area contributed by atoms with Crippen LogP contribution in [0.3, 0.4) is 0 Å². The molecule has 3 rings (SSSR count). The molecule has 0 unspecified atom stereocenters. The maximum absolute atomic E-state index is 13.7. The maximum atomic E-state index is 13.7. The second kappa shape index (κ2) is 5.20. The second-order valence-corrected chi connectivity index (χ2v) is 5.53. The van der Waals surface area contributed by atoms with Crippen molar-refractivity contribution >= 4 is 42.8 Å². The Hall–Kier alpha value is -1.68. The normalized spacial score (nSPS) is 18.4. The summed E-state index contributed by atoms with van der Waals surface area (Å²) in [5, 5.41) is 3.05. The van der Waals surface area contributed by atoms with Crippen molar-refractivity contribution in [1.82, 2.24) is 10.3 Å². The molecule has 0 aliphatic carbocycles. The van der Waals surface area contributed by atoms with Crippen molar-refractivity contribution in [3.8, 4) is 0 Å². The summed E-state index contributed by atoms with van der Waals surface area (Å²) >= 11 is 0. The minimum atomic E-state index is -1.42. The van der Waals surface area contributed by atoms with E-state index < -0.39 is 10.7 Å². The first-order valence-electron chi connectivity index (χ1n) is 6.73. The highest BCUT2D eigenvalue weighted by atomic mass is 19.1. The molecule has 0 saturated heterocycles. The van der Waals surface area contributed by atoms with Crippen LogP contribution in [0.4, 0.5) is 15.8 Å². The minimum Gasteiger partial charge on any atom is -0.352 e. The first-order chi connectivity index (χ1) is 10.3. The highest BCUT2D eigenvalue weighted by molar-refractivity contribution is 6.44. The lowest BCUT2D eigenvalue weighted by atomic mass is 9.48. The van der Waals surface area contributed by atoms with Crippen LogP contribution in [-0.2, 0) is 11.8 Å². The van der Waals surface area contributed by atoms with Gasteiger partial charge in [0.2, 0.25) is 0 Å². The predicted octanol–water partition coefficient (Wildman–Crippen LogP) is 0.548. The number of hydrogen-bond donors (Lipinski definition) is 2. The van der Waals surface area contributed by atoms with Crippen molar-refractivity contribution in [2.24, 2.45) is 0 Å². The van der Waals surface area contributed by atoms with Gasteiger partial charge in [-0.2, -0.15) is 0 Å². The molecule has 1 aromatic carbocycles. The van der Waals surface area contributed by atoms with Gasteiger partial charge in [0.1, 0.15) is 5.82 Å². The highest BCUT2D eigenvalue weighted by Gasteiger charge is 2.35. The predicted molar refractivity (Wildman–Crippen MR) is 88.2 cm³/mol. The average Bonchev–Trinajstić information content (AvgIpc) is 2.40. The van der Waals surface area contributed by atoms with Crippen LogP contribution in [0.5, 0.6) is 0 Å². The van der Waals surface area contributed by atoms with Crippen LogP contribution in [-0.4, -0.2) is 41.7 Å². The highest BCUT2D eigenvalue weighted by Crippen LogP contribution is 2.30. The lowest BCUT2D eigenvalue weighted by Gasteiger charge is -2.45. The minimum absolute atomic E-state index is 0.276. The van der Waals surface area contributed by atoms with E-state index >= 15 is 0 Å². The number of halogens is 1. The third-order valence-corrected chi connectivity index (χ3v) is 3.47. The van der Waals surface area contributed by atoms with Gasteiger partial charge >= 0.3 is 0 Å². The fourth-order valence-electron chi connectivity index (χ4n) is 2.55. The Kier molecular flexibility index (Phi) is 3.60. The monoisotopic (exact) mass is 283 g/mol. The van der Waals surface area contributed by atoms with Gasteiger partial charge in [-0.3, -0.25) is 4.98 Å². The van der Waals surface area contributed by atoms with Crippen molar-refractivity contribution in [2.45, 2.75) is 17.1 Å². The lowest BCUT2D eigenvalue weighted by Crippen LogP contribution is -2.63. The number of aromatic nitrogens is 1. The molecule has 0 saturated carbocycles. The molecular weight excluding hydrogens is 272 g/mol. The summed E-state index contributed by atoms with van der Waals surface area (Å²) in [6.45, 7) is 0. The molecule has 1 aromatic heterocycles. The molecule has 3 nitrogen and oxygen atoms in total. The van der Waals surface area contributed by atoms with E-state index in [1.165, 1.54) is 6.07 Å². The molecule has 2 aromatic rings. The van der Waals surface area contributed by atoms with E-state index in [1.807, 2.05) is 0 Å². The first-order valence-corrected chi connectivity index (χ1v) is 6.73. The van der Waals surface area contributed by atoms with Gasteiger partial charge < -0.3 is 10.6 Å². The van der Waals surface area contributed by atoms with E-state index in [4.69, 9.17) is 31.4 Å². The summed E-state index contributed by atoms with van der Waals surface area (Å²) in [6.07, 6.45) is 1.83.